The molecule has 110 valence electrons. The van der Waals surface area contributed by atoms with Crippen LogP contribution in [0.15, 0.2) is 60.9 Å². The SMILES string of the molecule is C1=C[C@H]2C[C@@H]1c1c(-c3ccccn3)nnc(-c3ccccn3)c12. The highest BCUT2D eigenvalue weighted by atomic mass is 15.1. The van der Waals surface area contributed by atoms with Gasteiger partial charge in [0.05, 0.1) is 11.4 Å². The second-order valence-electron chi connectivity index (χ2n) is 5.99. The van der Waals surface area contributed by atoms with Gasteiger partial charge in [0, 0.05) is 24.2 Å². The van der Waals surface area contributed by atoms with Crippen molar-refractivity contribution in [1.29, 1.82) is 0 Å². The van der Waals surface area contributed by atoms with Crippen LogP contribution in [0.5, 0.6) is 0 Å². The van der Waals surface area contributed by atoms with Gasteiger partial charge in [0.15, 0.2) is 0 Å². The van der Waals surface area contributed by atoms with Gasteiger partial charge in [-0.2, -0.15) is 0 Å². The highest BCUT2D eigenvalue weighted by Crippen LogP contribution is 2.53. The van der Waals surface area contributed by atoms with Crippen LogP contribution in [0.4, 0.5) is 0 Å². The van der Waals surface area contributed by atoms with E-state index in [1.165, 1.54) is 11.1 Å². The van der Waals surface area contributed by atoms with Gasteiger partial charge in [-0.1, -0.05) is 24.3 Å². The van der Waals surface area contributed by atoms with Crippen molar-refractivity contribution in [2.75, 3.05) is 0 Å². The number of nitrogens with zero attached hydrogens (tertiary/aromatic N) is 4. The summed E-state index contributed by atoms with van der Waals surface area (Å²) in [7, 11) is 0. The Morgan fingerprint density at radius 2 is 1.22 bits per heavy atom. The maximum atomic E-state index is 4.53. The lowest BCUT2D eigenvalue weighted by molar-refractivity contribution is 0.804. The summed E-state index contributed by atoms with van der Waals surface area (Å²) in [5.74, 6) is 0.843. The average molecular weight is 298 g/mol. The van der Waals surface area contributed by atoms with E-state index >= 15 is 0 Å². The van der Waals surface area contributed by atoms with Gasteiger partial charge in [0.25, 0.3) is 0 Å². The number of pyridine rings is 2. The van der Waals surface area contributed by atoms with Crippen molar-refractivity contribution in [2.24, 2.45) is 0 Å². The first-order valence-electron chi connectivity index (χ1n) is 7.83. The fraction of sp³-hybridized carbons (Fsp3) is 0.158. The summed E-state index contributed by atoms with van der Waals surface area (Å²) in [4.78, 5) is 8.94. The fourth-order valence-electron chi connectivity index (χ4n) is 3.72. The Bertz CT molecular complexity index is 829. The summed E-state index contributed by atoms with van der Waals surface area (Å²) in [5.41, 5.74) is 6.18. The molecule has 23 heavy (non-hydrogen) atoms. The number of rotatable bonds is 2. The molecule has 3 heterocycles. The van der Waals surface area contributed by atoms with Gasteiger partial charge in [-0.15, -0.1) is 10.2 Å². The van der Waals surface area contributed by atoms with E-state index < -0.39 is 0 Å². The standard InChI is InChI=1S/C19H14N4/c1-3-9-20-14(5-1)18-16-12-7-8-13(11-12)17(16)19(23-22-18)15-6-2-4-10-21-15/h1-10,12-13H,11H2/t12-,13+. The third-order valence-corrected chi connectivity index (χ3v) is 4.69. The molecule has 4 heteroatoms. The smallest absolute Gasteiger partial charge is 0.115 e. The maximum absolute atomic E-state index is 4.53. The van der Waals surface area contributed by atoms with E-state index in [1.807, 2.05) is 36.4 Å². The predicted octanol–water partition coefficient (Wildman–Crippen LogP) is 3.74. The molecule has 2 atom stereocenters. The molecule has 0 radical (unpaired) electrons. The van der Waals surface area contributed by atoms with Gasteiger partial charge in [0.1, 0.15) is 11.4 Å². The lowest BCUT2D eigenvalue weighted by atomic mass is 9.92. The van der Waals surface area contributed by atoms with E-state index in [2.05, 4.69) is 32.3 Å². The predicted molar refractivity (Wildman–Crippen MR) is 87.7 cm³/mol. The molecule has 0 N–H and O–H groups in total. The first-order chi connectivity index (χ1) is 11.4. The molecule has 0 saturated heterocycles. The van der Waals surface area contributed by atoms with Crippen LogP contribution >= 0.6 is 0 Å². The van der Waals surface area contributed by atoms with Gasteiger partial charge in [-0.3, -0.25) is 9.97 Å². The molecule has 5 rings (SSSR count). The average Bonchev–Trinajstić information content (AvgIpc) is 3.25. The van der Waals surface area contributed by atoms with Gasteiger partial charge >= 0.3 is 0 Å². The second kappa shape index (κ2) is 4.81. The van der Waals surface area contributed by atoms with Crippen LogP contribution in [-0.2, 0) is 0 Å². The van der Waals surface area contributed by atoms with Gasteiger partial charge in [0.2, 0.25) is 0 Å². The molecular formula is C19H14N4. The Balaban J connectivity index is 1.77. The van der Waals surface area contributed by atoms with Crippen LogP contribution in [0.1, 0.15) is 29.4 Å². The monoisotopic (exact) mass is 298 g/mol. The first kappa shape index (κ1) is 12.6. The topological polar surface area (TPSA) is 51.6 Å². The molecule has 0 amide bonds. The van der Waals surface area contributed by atoms with Gasteiger partial charge in [-0.25, -0.2) is 0 Å². The third-order valence-electron chi connectivity index (χ3n) is 4.69. The first-order valence-corrected chi connectivity index (χ1v) is 7.83. The zero-order valence-electron chi connectivity index (χ0n) is 12.4. The Morgan fingerprint density at radius 1 is 0.696 bits per heavy atom. The lowest BCUT2D eigenvalue weighted by Crippen LogP contribution is -2.06. The summed E-state index contributed by atoms with van der Waals surface area (Å²) in [6.07, 6.45) is 9.31. The van der Waals surface area contributed by atoms with Crippen molar-refractivity contribution in [1.82, 2.24) is 20.2 Å². The number of fused-ring (bicyclic) bond motifs is 5. The molecule has 0 fully saturated rings. The number of aromatic nitrogens is 4. The number of hydrogen-bond donors (Lipinski definition) is 0. The molecule has 3 aromatic rings. The molecule has 4 nitrogen and oxygen atoms in total. The maximum Gasteiger partial charge on any atom is 0.115 e. The van der Waals surface area contributed by atoms with Crippen LogP contribution in [-0.4, -0.2) is 20.2 Å². The summed E-state index contributed by atoms with van der Waals surface area (Å²) >= 11 is 0. The van der Waals surface area contributed by atoms with Gasteiger partial charge in [-0.05, 0) is 41.8 Å². The zero-order chi connectivity index (χ0) is 15.2. The molecule has 0 unspecified atom stereocenters. The van der Waals surface area contributed by atoms with E-state index in [0.717, 1.165) is 29.2 Å². The molecule has 0 aromatic carbocycles. The normalized spacial score (nSPS) is 20.7. The summed E-state index contributed by atoms with van der Waals surface area (Å²) < 4.78 is 0. The Hall–Kier alpha value is -2.88. The number of allylic oxidation sites excluding steroid dienone is 2. The summed E-state index contributed by atoms with van der Waals surface area (Å²) in [6, 6.07) is 11.8. The Labute approximate surface area is 134 Å². The molecule has 2 aliphatic carbocycles. The largest absolute Gasteiger partial charge is 0.255 e. The molecule has 2 aliphatic rings. The molecular weight excluding hydrogens is 284 g/mol. The second-order valence-corrected chi connectivity index (χ2v) is 5.99. The molecule has 2 bridgehead atoms. The van der Waals surface area contributed by atoms with Crippen molar-refractivity contribution in [3.8, 4) is 22.8 Å². The molecule has 0 saturated carbocycles. The van der Waals surface area contributed by atoms with E-state index in [4.69, 9.17) is 0 Å². The third kappa shape index (κ3) is 1.84. The van der Waals surface area contributed by atoms with Gasteiger partial charge < -0.3 is 0 Å². The minimum absolute atomic E-state index is 0.421. The molecule has 3 aromatic heterocycles. The van der Waals surface area contributed by atoms with Crippen LogP contribution in [0, 0.1) is 0 Å². The van der Waals surface area contributed by atoms with Crippen LogP contribution in [0.3, 0.4) is 0 Å². The number of hydrogen-bond acceptors (Lipinski definition) is 4. The van der Waals surface area contributed by atoms with Crippen LogP contribution in [0.2, 0.25) is 0 Å². The van der Waals surface area contributed by atoms with Crippen molar-refractivity contribution >= 4 is 0 Å². The lowest BCUT2D eigenvalue weighted by Gasteiger charge is -2.17. The van der Waals surface area contributed by atoms with Crippen molar-refractivity contribution in [3.05, 3.63) is 72.1 Å². The Morgan fingerprint density at radius 3 is 1.65 bits per heavy atom. The highest BCUT2D eigenvalue weighted by Gasteiger charge is 2.38. The van der Waals surface area contributed by atoms with Crippen molar-refractivity contribution in [2.45, 2.75) is 18.3 Å². The van der Waals surface area contributed by atoms with E-state index in [0.29, 0.717) is 11.8 Å². The zero-order valence-corrected chi connectivity index (χ0v) is 12.4. The van der Waals surface area contributed by atoms with Crippen LogP contribution in [0.25, 0.3) is 22.8 Å². The van der Waals surface area contributed by atoms with E-state index in [9.17, 15) is 0 Å². The summed E-state index contributed by atoms with van der Waals surface area (Å²) in [6.45, 7) is 0. The minimum atomic E-state index is 0.421. The fourth-order valence-corrected chi connectivity index (χ4v) is 3.72. The van der Waals surface area contributed by atoms with Crippen LogP contribution < -0.4 is 0 Å². The minimum Gasteiger partial charge on any atom is -0.255 e. The van der Waals surface area contributed by atoms with Crippen molar-refractivity contribution in [3.63, 3.8) is 0 Å². The quantitative estimate of drug-likeness (QED) is 0.676. The van der Waals surface area contributed by atoms with E-state index in [1.54, 1.807) is 12.4 Å². The molecule has 0 aliphatic heterocycles. The molecule has 0 spiro atoms. The Kier molecular flexibility index (Phi) is 2.65. The van der Waals surface area contributed by atoms with E-state index in [-0.39, 0.29) is 0 Å². The summed E-state index contributed by atoms with van der Waals surface area (Å²) in [5, 5.41) is 9.06. The van der Waals surface area contributed by atoms with Crippen molar-refractivity contribution < 1.29 is 0 Å². The highest BCUT2D eigenvalue weighted by molar-refractivity contribution is 5.73.